The topological polar surface area (TPSA) is 72.6 Å². The first kappa shape index (κ1) is 19.7. The van der Waals surface area contributed by atoms with Gasteiger partial charge in [0.1, 0.15) is 17.7 Å². The van der Waals surface area contributed by atoms with Crippen molar-refractivity contribution in [2.24, 2.45) is 5.73 Å². The van der Waals surface area contributed by atoms with Crippen LogP contribution in [0.4, 0.5) is 8.78 Å². The molecule has 1 aromatic carbocycles. The van der Waals surface area contributed by atoms with E-state index in [-0.39, 0.29) is 11.6 Å². The molecule has 1 aliphatic carbocycles. The van der Waals surface area contributed by atoms with Crippen molar-refractivity contribution in [2.45, 2.75) is 36.3 Å². The van der Waals surface area contributed by atoms with Gasteiger partial charge in [-0.05, 0) is 36.6 Å². The summed E-state index contributed by atoms with van der Waals surface area (Å²) >= 11 is 0. The van der Waals surface area contributed by atoms with Crippen molar-refractivity contribution in [1.82, 2.24) is 4.90 Å². The van der Waals surface area contributed by atoms with Crippen LogP contribution < -0.4 is 5.73 Å². The van der Waals surface area contributed by atoms with Crippen molar-refractivity contribution in [3.63, 3.8) is 0 Å². The number of ether oxygens (including phenoxy) is 1. The number of sulfone groups is 1. The normalized spacial score (nSPS) is 31.3. The average Bonchev–Trinajstić information content (AvgIpc) is 3.06. The summed E-state index contributed by atoms with van der Waals surface area (Å²) in [5, 5.41) is -0.462. The lowest BCUT2D eigenvalue weighted by atomic mass is 9.93. The highest BCUT2D eigenvalue weighted by Crippen LogP contribution is 2.35. The zero-order valence-corrected chi connectivity index (χ0v) is 16.5. The molecule has 2 heterocycles. The predicted molar refractivity (Wildman–Crippen MR) is 102 cm³/mol. The van der Waals surface area contributed by atoms with Gasteiger partial charge in [0.25, 0.3) is 0 Å². The number of hydrogen-bond donors (Lipinski definition) is 1. The van der Waals surface area contributed by atoms with E-state index in [1.165, 1.54) is 6.26 Å². The Morgan fingerprint density at radius 3 is 2.75 bits per heavy atom. The van der Waals surface area contributed by atoms with Crippen molar-refractivity contribution < 1.29 is 21.9 Å². The van der Waals surface area contributed by atoms with E-state index in [1.807, 2.05) is 6.08 Å². The van der Waals surface area contributed by atoms with Gasteiger partial charge in [0.2, 0.25) is 0 Å². The molecule has 1 saturated heterocycles. The van der Waals surface area contributed by atoms with E-state index in [1.54, 1.807) is 6.08 Å². The molecule has 1 aromatic rings. The minimum atomic E-state index is -3.11. The van der Waals surface area contributed by atoms with E-state index in [2.05, 4.69) is 4.90 Å². The predicted octanol–water partition coefficient (Wildman–Crippen LogP) is 2.11. The Bertz CT molecular complexity index is 945. The average molecular weight is 410 g/mol. The molecule has 4 atom stereocenters. The number of halogens is 2. The lowest BCUT2D eigenvalue weighted by Crippen LogP contribution is -2.49. The Kier molecular flexibility index (Phi) is 5.16. The van der Waals surface area contributed by atoms with Gasteiger partial charge in [-0.1, -0.05) is 17.7 Å². The fraction of sp³-hybridized carbons (Fsp3) is 0.500. The lowest BCUT2D eigenvalue weighted by Gasteiger charge is -2.39. The molecular formula is C20H24F2N2O3S. The van der Waals surface area contributed by atoms with Crippen LogP contribution in [0.15, 0.2) is 41.5 Å². The number of benzene rings is 1. The molecule has 0 amide bonds. The third-order valence-corrected chi connectivity index (χ3v) is 7.34. The maximum absolute atomic E-state index is 14.1. The molecular weight excluding hydrogens is 386 g/mol. The first-order valence-electron chi connectivity index (χ1n) is 9.36. The van der Waals surface area contributed by atoms with E-state index >= 15 is 0 Å². The van der Waals surface area contributed by atoms with E-state index in [0.717, 1.165) is 35.9 Å². The van der Waals surface area contributed by atoms with Gasteiger partial charge in [0.05, 0.1) is 11.9 Å². The second-order valence-electron chi connectivity index (χ2n) is 7.94. The third-order valence-electron chi connectivity index (χ3n) is 5.91. The third kappa shape index (κ3) is 3.78. The monoisotopic (exact) mass is 410 g/mol. The van der Waals surface area contributed by atoms with Crippen LogP contribution in [0.1, 0.15) is 24.5 Å². The smallest absolute Gasteiger partial charge is 0.154 e. The zero-order chi connectivity index (χ0) is 20.1. The summed E-state index contributed by atoms with van der Waals surface area (Å²) in [5.41, 5.74) is 8.72. The van der Waals surface area contributed by atoms with E-state index in [0.29, 0.717) is 26.0 Å². The lowest BCUT2D eigenvalue weighted by molar-refractivity contribution is -0.0464. The summed E-state index contributed by atoms with van der Waals surface area (Å²) in [6.07, 6.45) is 5.40. The molecule has 28 heavy (non-hydrogen) atoms. The van der Waals surface area contributed by atoms with Crippen LogP contribution in [-0.2, 0) is 14.6 Å². The quantitative estimate of drug-likeness (QED) is 0.826. The zero-order valence-electron chi connectivity index (χ0n) is 15.6. The fourth-order valence-corrected chi connectivity index (χ4v) is 5.21. The molecule has 152 valence electrons. The van der Waals surface area contributed by atoms with Gasteiger partial charge < -0.3 is 10.5 Å². The largest absolute Gasteiger partial charge is 0.370 e. The molecule has 4 rings (SSSR count). The van der Waals surface area contributed by atoms with Crippen molar-refractivity contribution in [1.29, 1.82) is 0 Å². The molecule has 3 aliphatic rings. The van der Waals surface area contributed by atoms with Crippen LogP contribution in [-0.4, -0.2) is 56.6 Å². The number of rotatable bonds is 3. The maximum atomic E-state index is 14.1. The Morgan fingerprint density at radius 1 is 1.25 bits per heavy atom. The number of hydrogen-bond acceptors (Lipinski definition) is 5. The van der Waals surface area contributed by atoms with E-state index in [9.17, 15) is 17.2 Å². The first-order valence-corrected chi connectivity index (χ1v) is 11.3. The molecule has 1 unspecified atom stereocenters. The van der Waals surface area contributed by atoms with E-state index in [4.69, 9.17) is 10.5 Å². The number of nitrogens with two attached hydrogens (primary N) is 1. The minimum Gasteiger partial charge on any atom is -0.370 e. The first-order chi connectivity index (χ1) is 13.2. The molecule has 1 fully saturated rings. The van der Waals surface area contributed by atoms with Gasteiger partial charge in [-0.2, -0.15) is 0 Å². The Labute approximate surface area is 163 Å². The van der Waals surface area contributed by atoms with Crippen LogP contribution in [0.25, 0.3) is 0 Å². The molecule has 0 bridgehead atoms. The molecule has 5 nitrogen and oxygen atoms in total. The van der Waals surface area contributed by atoms with Crippen molar-refractivity contribution in [2.75, 3.05) is 26.0 Å². The molecule has 0 aromatic heterocycles. The Morgan fingerprint density at radius 2 is 2.04 bits per heavy atom. The second kappa shape index (κ2) is 7.33. The van der Waals surface area contributed by atoms with Crippen LogP contribution in [0, 0.1) is 11.6 Å². The summed E-state index contributed by atoms with van der Waals surface area (Å²) in [6, 6.07) is 2.92. The fourth-order valence-electron chi connectivity index (χ4n) is 4.34. The van der Waals surface area contributed by atoms with Crippen molar-refractivity contribution >= 4 is 9.84 Å². The summed E-state index contributed by atoms with van der Waals surface area (Å²) in [6.45, 7) is 1.78. The summed E-state index contributed by atoms with van der Waals surface area (Å²) < 4.78 is 57.1. The molecule has 2 aliphatic heterocycles. The highest BCUT2D eigenvalue weighted by atomic mass is 32.2. The van der Waals surface area contributed by atoms with Crippen LogP contribution >= 0.6 is 0 Å². The van der Waals surface area contributed by atoms with Crippen molar-refractivity contribution in [3.05, 3.63) is 58.7 Å². The number of nitrogens with zero attached hydrogens (tertiary/aromatic N) is 1. The highest BCUT2D eigenvalue weighted by molar-refractivity contribution is 7.91. The van der Waals surface area contributed by atoms with Gasteiger partial charge in [0.15, 0.2) is 9.84 Å². The molecule has 8 heteroatoms. The molecule has 2 N–H and O–H groups in total. The van der Waals surface area contributed by atoms with Gasteiger partial charge in [0, 0.05) is 37.0 Å². The van der Waals surface area contributed by atoms with Crippen LogP contribution in [0.5, 0.6) is 0 Å². The minimum absolute atomic E-state index is 0.0542. The Balaban J connectivity index is 1.41. The standard InChI is InChI=1S/C20H24F2N2O3S/c1-28(25,26)16-4-2-12-9-24(10-13(12)6-16)15-8-19(23)20(27-11-15)17-7-14(21)3-5-18(17)22/h2-5,7,15-16,19-20H,6,8-11,23H2,1H3/t15-,16?,19+,20-/m1/s1. The molecule has 0 spiro atoms. The summed E-state index contributed by atoms with van der Waals surface area (Å²) in [7, 11) is -3.11. The van der Waals surface area contributed by atoms with Crippen LogP contribution in [0.2, 0.25) is 0 Å². The van der Waals surface area contributed by atoms with Crippen molar-refractivity contribution in [3.8, 4) is 0 Å². The van der Waals surface area contributed by atoms with Gasteiger partial charge >= 0.3 is 0 Å². The second-order valence-corrected chi connectivity index (χ2v) is 10.2. The van der Waals surface area contributed by atoms with Gasteiger partial charge in [-0.15, -0.1) is 0 Å². The van der Waals surface area contributed by atoms with Gasteiger partial charge in [-0.25, -0.2) is 17.2 Å². The SMILES string of the molecule is CS(=O)(=O)C1C=CC2=C(C1)CN([C@H]1CO[C@H](c3cc(F)ccc3F)[C@@H](N)C1)C2. The molecule has 0 saturated carbocycles. The summed E-state index contributed by atoms with van der Waals surface area (Å²) in [4.78, 5) is 2.23. The summed E-state index contributed by atoms with van der Waals surface area (Å²) in [5.74, 6) is -1.03. The van der Waals surface area contributed by atoms with Crippen LogP contribution in [0.3, 0.4) is 0 Å². The molecule has 0 radical (unpaired) electrons. The maximum Gasteiger partial charge on any atom is 0.154 e. The highest BCUT2D eigenvalue weighted by Gasteiger charge is 2.38. The Hall–Kier alpha value is -1.61. The van der Waals surface area contributed by atoms with Gasteiger partial charge in [-0.3, -0.25) is 4.90 Å². The van der Waals surface area contributed by atoms with E-state index < -0.39 is 38.9 Å².